The first-order valence-electron chi connectivity index (χ1n) is 17.8. The fourth-order valence-corrected chi connectivity index (χ4v) is 6.37. The van der Waals surface area contributed by atoms with Crippen molar-refractivity contribution in [1.82, 2.24) is 15.6 Å². The number of nitrogens with zero attached hydrogens (tertiary/aromatic N) is 1. The maximum atomic E-state index is 15.6. The number of hydrogen-bond acceptors (Lipinski definition) is 7. The molecule has 1 aliphatic rings. The monoisotopic (exact) mass is 732 g/mol. The number of hydrogen-bond donors (Lipinski definition) is 6. The number of amidine groups is 1. The molecule has 0 amide bonds. The lowest BCUT2D eigenvalue weighted by atomic mass is 9.73. The fourth-order valence-electron chi connectivity index (χ4n) is 6.37. The molecule has 0 fully saturated rings. The smallest absolute Gasteiger partial charge is 0.300 e. The van der Waals surface area contributed by atoms with Crippen molar-refractivity contribution in [3.8, 4) is 11.5 Å². The van der Waals surface area contributed by atoms with E-state index < -0.39 is 23.2 Å². The van der Waals surface area contributed by atoms with E-state index in [2.05, 4.69) is 65.4 Å². The van der Waals surface area contributed by atoms with Gasteiger partial charge in [-0.05, 0) is 81.6 Å². The predicted octanol–water partition coefficient (Wildman–Crippen LogP) is 8.34. The Bertz CT molecular complexity index is 1890. The zero-order valence-corrected chi connectivity index (χ0v) is 31.7. The van der Waals surface area contributed by atoms with Crippen molar-refractivity contribution in [3.05, 3.63) is 107 Å². The van der Waals surface area contributed by atoms with Crippen LogP contribution in [0.1, 0.15) is 82.6 Å². The number of aliphatic carboxylic acids is 1. The summed E-state index contributed by atoms with van der Waals surface area (Å²) in [4.78, 5) is 16.5. The summed E-state index contributed by atoms with van der Waals surface area (Å²) in [6.07, 6.45) is 7.97. The van der Waals surface area contributed by atoms with Gasteiger partial charge in [-0.3, -0.25) is 9.79 Å². The number of H-pyrrole nitrogens is 1. The number of nitrogens with one attached hydrogen (secondary N) is 4. The molecular weight excluding hydrogens is 678 g/mol. The van der Waals surface area contributed by atoms with Crippen LogP contribution in [0.4, 0.5) is 8.78 Å². The molecule has 0 aliphatic carbocycles. The van der Waals surface area contributed by atoms with Gasteiger partial charge in [0, 0.05) is 74.0 Å². The lowest BCUT2D eigenvalue weighted by Crippen LogP contribution is -2.41. The number of nitrogens with two attached hydrogens (primary N) is 1. The Labute approximate surface area is 311 Å². The summed E-state index contributed by atoms with van der Waals surface area (Å²) < 4.78 is 43.6. The largest absolute Gasteiger partial charge is 0.481 e. The van der Waals surface area contributed by atoms with E-state index in [1.54, 1.807) is 25.5 Å². The van der Waals surface area contributed by atoms with Gasteiger partial charge in [0.2, 0.25) is 0 Å². The van der Waals surface area contributed by atoms with Gasteiger partial charge in [-0.25, -0.2) is 8.78 Å². The minimum atomic E-state index is -0.833. The summed E-state index contributed by atoms with van der Waals surface area (Å²) in [5.41, 5.74) is 10.0. The van der Waals surface area contributed by atoms with E-state index in [0.29, 0.717) is 35.8 Å². The number of carboxylic acid groups (broad SMARTS) is 1. The van der Waals surface area contributed by atoms with Gasteiger partial charge < -0.3 is 41.3 Å². The minimum Gasteiger partial charge on any atom is -0.481 e. The number of ether oxygens (including phenoxy) is 2. The van der Waals surface area contributed by atoms with Crippen LogP contribution in [-0.4, -0.2) is 54.4 Å². The molecule has 2 bridgehead atoms. The third kappa shape index (κ3) is 10.9. The summed E-state index contributed by atoms with van der Waals surface area (Å²) in [6, 6.07) is 16.4. The number of halogens is 2. The molecule has 2 heterocycles. The number of carbonyl (C=O) groups is 1. The van der Waals surface area contributed by atoms with Crippen LogP contribution in [0.5, 0.6) is 11.5 Å². The van der Waals surface area contributed by atoms with Crippen molar-refractivity contribution >= 4 is 29.4 Å². The fraction of sp³-hybridized carbons (Fsp3) is 0.390. The van der Waals surface area contributed by atoms with Crippen molar-refractivity contribution in [3.63, 3.8) is 0 Å². The normalized spacial score (nSPS) is 19.4. The molecule has 1 atom stereocenters. The van der Waals surface area contributed by atoms with Crippen LogP contribution in [0.15, 0.2) is 77.7 Å². The molecule has 0 radical (unpaired) electrons. The molecule has 3 aromatic carbocycles. The maximum absolute atomic E-state index is 15.6. The lowest BCUT2D eigenvalue weighted by Gasteiger charge is -2.35. The summed E-state index contributed by atoms with van der Waals surface area (Å²) in [5.74, 6) is -1.11. The highest BCUT2D eigenvalue weighted by atomic mass is 19.1. The van der Waals surface area contributed by atoms with E-state index in [1.807, 2.05) is 19.9 Å². The summed E-state index contributed by atoms with van der Waals surface area (Å²) in [7, 11) is 1.64. The lowest BCUT2D eigenvalue weighted by molar-refractivity contribution is -0.134. The first kappa shape index (κ1) is 42.2. The van der Waals surface area contributed by atoms with Crippen LogP contribution in [0, 0.1) is 17.0 Å². The quantitative estimate of drug-likeness (QED) is 0.115. The summed E-state index contributed by atoms with van der Waals surface area (Å²) in [6.45, 7) is 13.1. The SMILES string of the molecule is C=N.CC(=O)O.CCCc1cccc(C2(CC)CCCOC(C)(C)/C(N)=C/NCc3c(c(F)cc4[nH]ccc34)Oc3ccc(F)c(c3)C(=NC)NC2)c1. The van der Waals surface area contributed by atoms with Gasteiger partial charge in [0.05, 0.1) is 11.3 Å². The van der Waals surface area contributed by atoms with Gasteiger partial charge >= 0.3 is 0 Å². The number of benzene rings is 3. The molecule has 5 rings (SSSR count). The molecule has 12 heteroatoms. The number of carboxylic acids is 1. The third-order valence-electron chi connectivity index (χ3n) is 9.35. The zero-order valence-electron chi connectivity index (χ0n) is 31.7. The number of fused-ring (bicyclic) bond motifs is 5. The Morgan fingerprint density at radius 2 is 1.83 bits per heavy atom. The molecule has 53 heavy (non-hydrogen) atoms. The molecule has 286 valence electrons. The van der Waals surface area contributed by atoms with E-state index in [9.17, 15) is 0 Å². The second-order valence-corrected chi connectivity index (χ2v) is 13.3. The average Bonchev–Trinajstić information content (AvgIpc) is 3.60. The molecule has 0 spiro atoms. The van der Waals surface area contributed by atoms with Crippen LogP contribution in [-0.2, 0) is 27.9 Å². The van der Waals surface area contributed by atoms with Crippen molar-refractivity contribution in [1.29, 1.82) is 5.41 Å². The van der Waals surface area contributed by atoms with Crippen LogP contribution >= 0.6 is 0 Å². The molecule has 1 aromatic heterocycles. The van der Waals surface area contributed by atoms with E-state index in [-0.39, 0.29) is 29.0 Å². The summed E-state index contributed by atoms with van der Waals surface area (Å²) in [5, 5.41) is 20.4. The minimum absolute atomic E-state index is 0.0439. The molecule has 7 N–H and O–H groups in total. The highest BCUT2D eigenvalue weighted by Crippen LogP contribution is 2.36. The highest BCUT2D eigenvalue weighted by Gasteiger charge is 2.32. The van der Waals surface area contributed by atoms with Crippen molar-refractivity contribution in [2.45, 2.75) is 84.3 Å². The van der Waals surface area contributed by atoms with Gasteiger partial charge in [0.1, 0.15) is 23.0 Å². The second-order valence-electron chi connectivity index (χ2n) is 13.3. The van der Waals surface area contributed by atoms with Gasteiger partial charge in [-0.1, -0.05) is 44.5 Å². The topological polar surface area (TPSA) is 158 Å². The molecule has 4 aromatic rings. The van der Waals surface area contributed by atoms with Crippen molar-refractivity contribution in [2.75, 3.05) is 20.2 Å². The Morgan fingerprint density at radius 3 is 2.51 bits per heavy atom. The van der Waals surface area contributed by atoms with Gasteiger partial charge in [0.25, 0.3) is 5.97 Å². The first-order valence-corrected chi connectivity index (χ1v) is 17.8. The Morgan fingerprint density at radius 1 is 1.09 bits per heavy atom. The molecule has 1 unspecified atom stereocenters. The number of aromatic nitrogens is 1. The highest BCUT2D eigenvalue weighted by molar-refractivity contribution is 5.99. The van der Waals surface area contributed by atoms with E-state index in [0.717, 1.165) is 44.4 Å². The molecule has 0 saturated heterocycles. The number of aliphatic imine (C=N–C) groups is 1. The Hall–Kier alpha value is -5.23. The van der Waals surface area contributed by atoms with E-state index >= 15 is 8.78 Å². The average molecular weight is 733 g/mol. The van der Waals surface area contributed by atoms with Gasteiger partial charge in [-0.2, -0.15) is 0 Å². The van der Waals surface area contributed by atoms with E-state index in [1.165, 1.54) is 29.3 Å². The van der Waals surface area contributed by atoms with Crippen molar-refractivity contribution < 1.29 is 28.2 Å². The number of aryl methyl sites for hydroxylation is 1. The van der Waals surface area contributed by atoms with Crippen LogP contribution in [0.3, 0.4) is 0 Å². The number of rotatable bonds is 4. The second kappa shape index (κ2) is 19.6. The Kier molecular flexibility index (Phi) is 15.6. The van der Waals surface area contributed by atoms with Crippen LogP contribution in [0.25, 0.3) is 10.9 Å². The maximum Gasteiger partial charge on any atom is 0.300 e. The molecule has 0 saturated carbocycles. The Balaban J connectivity index is 0.00000118. The zero-order chi connectivity index (χ0) is 39.2. The molecular formula is C41H54F2N6O4. The van der Waals surface area contributed by atoms with Crippen LogP contribution < -0.4 is 21.1 Å². The van der Waals surface area contributed by atoms with Crippen LogP contribution in [0.2, 0.25) is 0 Å². The third-order valence-corrected chi connectivity index (χ3v) is 9.35. The van der Waals surface area contributed by atoms with E-state index in [4.69, 9.17) is 30.5 Å². The van der Waals surface area contributed by atoms with Gasteiger partial charge in [-0.15, -0.1) is 0 Å². The molecule has 1 aliphatic heterocycles. The summed E-state index contributed by atoms with van der Waals surface area (Å²) >= 11 is 0. The molecule has 10 nitrogen and oxygen atoms in total. The first-order chi connectivity index (χ1) is 25.3. The standard InChI is InChI=1S/C38H47F2N5O2.C2H4O2.CH3N/c1-6-10-25-11-8-12-26(19-25)38(7-2)16-9-18-46-37(3,4)34(41)23-43-22-30-28-15-17-44-33(28)21-32(40)35(30)47-27-13-14-31(39)29(20-27)36(42-5)45-24-38;1-2(3)4;1-2/h8,11-15,17,19-21,23,43-44H,6-7,9-10,16,18,22,24,41H2,1-5H3,(H,42,45);1H3,(H,3,4);2H,1H2/b34-23-;;. The van der Waals surface area contributed by atoms with Gasteiger partial charge in [0.15, 0.2) is 11.6 Å². The predicted molar refractivity (Wildman–Crippen MR) is 209 cm³/mol. The number of aromatic amines is 1. The van der Waals surface area contributed by atoms with Crippen molar-refractivity contribution in [2.24, 2.45) is 10.7 Å².